The van der Waals surface area contributed by atoms with E-state index in [4.69, 9.17) is 11.0 Å². The van der Waals surface area contributed by atoms with E-state index in [9.17, 15) is 5.11 Å². The Hall–Kier alpha value is -1.08. The van der Waals surface area contributed by atoms with Crippen LogP contribution < -0.4 is 5.73 Å². The third kappa shape index (κ3) is 3.70. The molecule has 1 aliphatic rings. The number of rotatable bonds is 3. The summed E-state index contributed by atoms with van der Waals surface area (Å²) in [4.78, 5) is 0. The Morgan fingerprint density at radius 3 is 2.47 bits per heavy atom. The minimum absolute atomic E-state index is 0. The van der Waals surface area contributed by atoms with Crippen LogP contribution in [0.3, 0.4) is 0 Å². The molecule has 0 aromatic heterocycles. The highest BCUT2D eigenvalue weighted by molar-refractivity contribution is 5.85. The molecule has 0 unspecified atom stereocenters. The molecule has 0 spiro atoms. The van der Waals surface area contributed by atoms with Crippen LogP contribution in [-0.2, 0) is 0 Å². The fourth-order valence-electron chi connectivity index (χ4n) is 2.84. The second kappa shape index (κ2) is 7.49. The average Bonchev–Trinajstić information content (AvgIpc) is 2.46. The molecule has 0 heterocycles. The maximum Gasteiger partial charge on any atom is 0.0995 e. The van der Waals surface area contributed by atoms with E-state index in [-0.39, 0.29) is 18.3 Å². The zero-order chi connectivity index (χ0) is 13.0. The van der Waals surface area contributed by atoms with E-state index >= 15 is 0 Å². The zero-order valence-corrected chi connectivity index (χ0v) is 11.8. The zero-order valence-electron chi connectivity index (χ0n) is 11.0. The number of hydrogen-bond acceptors (Lipinski definition) is 3. The Morgan fingerprint density at radius 2 is 1.84 bits per heavy atom. The summed E-state index contributed by atoms with van der Waals surface area (Å²) in [6.07, 6.45) is 5.16. The van der Waals surface area contributed by atoms with Crippen molar-refractivity contribution in [3.05, 3.63) is 35.4 Å². The summed E-state index contributed by atoms with van der Waals surface area (Å²) in [7, 11) is 0. The Bertz CT molecular complexity index is 438. The van der Waals surface area contributed by atoms with Gasteiger partial charge >= 0.3 is 0 Å². The van der Waals surface area contributed by atoms with Gasteiger partial charge in [-0.2, -0.15) is 5.26 Å². The second-order valence-corrected chi connectivity index (χ2v) is 5.11. The van der Waals surface area contributed by atoms with E-state index in [2.05, 4.69) is 6.07 Å². The number of hydrogen-bond donors (Lipinski definition) is 2. The van der Waals surface area contributed by atoms with Gasteiger partial charge in [0.25, 0.3) is 0 Å². The van der Waals surface area contributed by atoms with E-state index in [0.29, 0.717) is 5.56 Å². The Balaban J connectivity index is 0.00000180. The lowest BCUT2D eigenvalue weighted by Gasteiger charge is -2.30. The SMILES string of the molecule is Cl.N#Cc1ccccc1[C@H](N)[C@H](O)C1CCCCC1. The molecular formula is C15H21ClN2O. The van der Waals surface area contributed by atoms with Crippen LogP contribution in [0.25, 0.3) is 0 Å². The number of nitriles is 1. The third-order valence-corrected chi connectivity index (χ3v) is 3.94. The predicted molar refractivity (Wildman–Crippen MR) is 77.9 cm³/mol. The Morgan fingerprint density at radius 1 is 1.21 bits per heavy atom. The number of halogens is 1. The van der Waals surface area contributed by atoms with Gasteiger partial charge < -0.3 is 10.8 Å². The predicted octanol–water partition coefficient (Wildman–Crippen LogP) is 2.92. The molecule has 3 nitrogen and oxygen atoms in total. The van der Waals surface area contributed by atoms with Gasteiger partial charge in [-0.3, -0.25) is 0 Å². The first-order valence-corrected chi connectivity index (χ1v) is 6.66. The molecule has 1 fully saturated rings. The molecule has 0 radical (unpaired) electrons. The monoisotopic (exact) mass is 280 g/mol. The van der Waals surface area contributed by atoms with Crippen LogP contribution in [0.5, 0.6) is 0 Å². The summed E-state index contributed by atoms with van der Waals surface area (Å²) in [5.41, 5.74) is 7.48. The van der Waals surface area contributed by atoms with Crippen LogP contribution in [0.2, 0.25) is 0 Å². The lowest BCUT2D eigenvalue weighted by Crippen LogP contribution is -2.34. The topological polar surface area (TPSA) is 70.0 Å². The van der Waals surface area contributed by atoms with Gasteiger partial charge in [0.1, 0.15) is 0 Å². The lowest BCUT2D eigenvalue weighted by molar-refractivity contribution is 0.0617. The first-order chi connectivity index (χ1) is 8.74. The molecule has 0 bridgehead atoms. The third-order valence-electron chi connectivity index (χ3n) is 3.94. The van der Waals surface area contributed by atoms with E-state index < -0.39 is 12.1 Å². The van der Waals surface area contributed by atoms with Crippen LogP contribution in [-0.4, -0.2) is 11.2 Å². The van der Waals surface area contributed by atoms with E-state index in [1.807, 2.05) is 18.2 Å². The van der Waals surface area contributed by atoms with Crippen molar-refractivity contribution in [2.45, 2.75) is 44.2 Å². The molecule has 0 saturated heterocycles. The molecule has 0 aliphatic heterocycles. The van der Waals surface area contributed by atoms with Crippen LogP contribution in [0.15, 0.2) is 24.3 Å². The van der Waals surface area contributed by atoms with Crippen molar-refractivity contribution < 1.29 is 5.11 Å². The van der Waals surface area contributed by atoms with Crippen molar-refractivity contribution in [3.8, 4) is 6.07 Å². The average molecular weight is 281 g/mol. The summed E-state index contributed by atoms with van der Waals surface area (Å²) in [5, 5.41) is 19.5. The molecule has 19 heavy (non-hydrogen) atoms. The number of nitrogens with two attached hydrogens (primary N) is 1. The number of aliphatic hydroxyl groups excluding tert-OH is 1. The highest BCUT2D eigenvalue weighted by Crippen LogP contribution is 2.32. The van der Waals surface area contributed by atoms with Gasteiger partial charge in [-0.25, -0.2) is 0 Å². The van der Waals surface area contributed by atoms with Gasteiger partial charge in [0.05, 0.1) is 23.8 Å². The van der Waals surface area contributed by atoms with Gasteiger partial charge in [0, 0.05) is 0 Å². The van der Waals surface area contributed by atoms with Crippen LogP contribution >= 0.6 is 12.4 Å². The van der Waals surface area contributed by atoms with E-state index in [1.165, 1.54) is 19.3 Å². The van der Waals surface area contributed by atoms with Crippen molar-refractivity contribution in [1.29, 1.82) is 5.26 Å². The molecule has 2 atom stereocenters. The second-order valence-electron chi connectivity index (χ2n) is 5.11. The van der Waals surface area contributed by atoms with Gasteiger partial charge in [0.2, 0.25) is 0 Å². The van der Waals surface area contributed by atoms with E-state index in [0.717, 1.165) is 18.4 Å². The van der Waals surface area contributed by atoms with E-state index in [1.54, 1.807) is 6.07 Å². The molecule has 1 saturated carbocycles. The standard InChI is InChI=1S/C15H20N2O.ClH/c16-10-12-8-4-5-9-13(12)14(17)15(18)11-6-2-1-3-7-11;/h4-5,8-9,11,14-15,18H,1-3,6-7,17H2;1H/t14-,15+;/m0./s1. The van der Waals surface area contributed by atoms with Crippen molar-refractivity contribution in [1.82, 2.24) is 0 Å². The van der Waals surface area contributed by atoms with Gasteiger partial charge in [0.15, 0.2) is 0 Å². The van der Waals surface area contributed by atoms with Crippen molar-refractivity contribution in [2.24, 2.45) is 11.7 Å². The molecule has 4 heteroatoms. The smallest absolute Gasteiger partial charge is 0.0995 e. The number of aliphatic hydroxyl groups is 1. The van der Waals surface area contributed by atoms with Crippen LogP contribution in [0, 0.1) is 17.2 Å². The normalized spacial score (nSPS) is 19.0. The molecular weight excluding hydrogens is 260 g/mol. The summed E-state index contributed by atoms with van der Waals surface area (Å²) < 4.78 is 0. The van der Waals surface area contributed by atoms with Crippen LogP contribution in [0.4, 0.5) is 0 Å². The maximum atomic E-state index is 10.4. The molecule has 1 aliphatic carbocycles. The number of benzene rings is 1. The first-order valence-electron chi connectivity index (χ1n) is 6.66. The molecule has 1 aromatic carbocycles. The quantitative estimate of drug-likeness (QED) is 0.894. The fraction of sp³-hybridized carbons (Fsp3) is 0.533. The van der Waals surface area contributed by atoms with Crippen LogP contribution in [0.1, 0.15) is 49.3 Å². The Labute approximate surface area is 120 Å². The largest absolute Gasteiger partial charge is 0.391 e. The first kappa shape index (κ1) is 16.0. The fourth-order valence-corrected chi connectivity index (χ4v) is 2.84. The summed E-state index contributed by atoms with van der Waals surface area (Å²) in [6.45, 7) is 0. The summed E-state index contributed by atoms with van der Waals surface area (Å²) in [6, 6.07) is 8.97. The number of nitrogens with zero attached hydrogens (tertiary/aromatic N) is 1. The summed E-state index contributed by atoms with van der Waals surface area (Å²) >= 11 is 0. The molecule has 2 rings (SSSR count). The maximum absolute atomic E-state index is 10.4. The Kier molecular flexibility index (Phi) is 6.30. The van der Waals surface area contributed by atoms with Gasteiger partial charge in [-0.15, -0.1) is 12.4 Å². The molecule has 3 N–H and O–H groups in total. The van der Waals surface area contributed by atoms with Crippen molar-refractivity contribution >= 4 is 12.4 Å². The highest BCUT2D eigenvalue weighted by Gasteiger charge is 2.28. The van der Waals surface area contributed by atoms with Crippen molar-refractivity contribution in [2.75, 3.05) is 0 Å². The lowest BCUT2D eigenvalue weighted by atomic mass is 9.81. The summed E-state index contributed by atoms with van der Waals surface area (Å²) in [5.74, 6) is 0.278. The molecule has 0 amide bonds. The molecule has 104 valence electrons. The minimum atomic E-state index is -0.542. The van der Waals surface area contributed by atoms with Crippen molar-refractivity contribution in [3.63, 3.8) is 0 Å². The minimum Gasteiger partial charge on any atom is -0.391 e. The van der Waals surface area contributed by atoms with Gasteiger partial charge in [-0.05, 0) is 30.4 Å². The highest BCUT2D eigenvalue weighted by atomic mass is 35.5. The van der Waals surface area contributed by atoms with Gasteiger partial charge in [-0.1, -0.05) is 37.5 Å². The molecule has 1 aromatic rings.